The summed E-state index contributed by atoms with van der Waals surface area (Å²) >= 11 is 0. The van der Waals surface area contributed by atoms with Crippen LogP contribution in [0, 0.1) is 6.92 Å². The van der Waals surface area contributed by atoms with Crippen molar-refractivity contribution in [1.82, 2.24) is 4.98 Å². The molecule has 0 saturated heterocycles. The zero-order valence-corrected chi connectivity index (χ0v) is 11.2. The van der Waals surface area contributed by atoms with Crippen molar-refractivity contribution in [2.24, 2.45) is 0 Å². The summed E-state index contributed by atoms with van der Waals surface area (Å²) in [6, 6.07) is 8.20. The van der Waals surface area contributed by atoms with E-state index >= 15 is 0 Å². The van der Waals surface area contributed by atoms with Gasteiger partial charge in [0, 0.05) is 16.5 Å². The van der Waals surface area contributed by atoms with Crippen LogP contribution in [0.3, 0.4) is 0 Å². The maximum Gasteiger partial charge on any atom is 0.119 e. The Morgan fingerprint density at radius 1 is 1.12 bits per heavy atom. The van der Waals surface area contributed by atoms with Gasteiger partial charge in [-0.15, -0.1) is 0 Å². The number of hydrogen-bond donors (Lipinski definition) is 0. The Labute approximate surface area is 103 Å². The summed E-state index contributed by atoms with van der Waals surface area (Å²) in [5, 5.41) is 1.16. The van der Waals surface area contributed by atoms with Crippen LogP contribution < -0.4 is 4.74 Å². The molecular weight excluding hydrogens is 210 g/mol. The molecule has 0 aliphatic heterocycles. The van der Waals surface area contributed by atoms with Gasteiger partial charge in [-0.2, -0.15) is 0 Å². The van der Waals surface area contributed by atoms with E-state index in [9.17, 15) is 0 Å². The van der Waals surface area contributed by atoms with Crippen LogP contribution in [0.1, 0.15) is 32.0 Å². The summed E-state index contributed by atoms with van der Waals surface area (Å²) in [6.45, 7) is 8.68. The van der Waals surface area contributed by atoms with Gasteiger partial charge in [-0.3, -0.25) is 4.98 Å². The van der Waals surface area contributed by atoms with Crippen LogP contribution in [0.2, 0.25) is 0 Å². The Morgan fingerprint density at radius 2 is 1.82 bits per heavy atom. The van der Waals surface area contributed by atoms with E-state index in [1.165, 1.54) is 5.56 Å². The van der Waals surface area contributed by atoms with Crippen molar-refractivity contribution >= 4 is 10.9 Å². The van der Waals surface area contributed by atoms with Crippen molar-refractivity contribution in [3.8, 4) is 5.75 Å². The minimum atomic E-state index is 0.0822. The number of aryl methyl sites for hydroxylation is 1. The first-order valence-electron chi connectivity index (χ1n) is 5.87. The number of aromatic nitrogens is 1. The number of ether oxygens (including phenoxy) is 1. The molecule has 0 spiro atoms. The molecule has 0 bridgehead atoms. The first kappa shape index (κ1) is 11.9. The van der Waals surface area contributed by atoms with E-state index in [1.807, 2.05) is 18.2 Å². The van der Waals surface area contributed by atoms with E-state index in [0.717, 1.165) is 22.3 Å². The smallest absolute Gasteiger partial charge is 0.119 e. The molecule has 1 aromatic carbocycles. The Balaban J connectivity index is 2.68. The minimum absolute atomic E-state index is 0.0822. The summed E-state index contributed by atoms with van der Waals surface area (Å²) < 4.78 is 5.25. The topological polar surface area (TPSA) is 22.1 Å². The number of benzene rings is 1. The summed E-state index contributed by atoms with van der Waals surface area (Å²) in [4.78, 5) is 4.73. The Morgan fingerprint density at radius 3 is 2.41 bits per heavy atom. The zero-order chi connectivity index (χ0) is 12.6. The van der Waals surface area contributed by atoms with Crippen LogP contribution in [-0.2, 0) is 5.41 Å². The number of pyridine rings is 1. The average Bonchev–Trinajstić information content (AvgIpc) is 2.27. The Bertz CT molecular complexity index is 553. The van der Waals surface area contributed by atoms with Crippen molar-refractivity contribution in [2.75, 3.05) is 7.11 Å². The van der Waals surface area contributed by atoms with E-state index in [1.54, 1.807) is 7.11 Å². The fourth-order valence-corrected chi connectivity index (χ4v) is 1.88. The Hall–Kier alpha value is -1.57. The van der Waals surface area contributed by atoms with Gasteiger partial charge >= 0.3 is 0 Å². The second-order valence-corrected chi connectivity index (χ2v) is 5.46. The van der Waals surface area contributed by atoms with Gasteiger partial charge < -0.3 is 4.74 Å². The van der Waals surface area contributed by atoms with E-state index in [0.29, 0.717) is 0 Å². The van der Waals surface area contributed by atoms with Gasteiger partial charge in [0.1, 0.15) is 5.75 Å². The third kappa shape index (κ3) is 2.26. The molecule has 90 valence electrons. The maximum atomic E-state index is 5.25. The fourth-order valence-electron chi connectivity index (χ4n) is 1.88. The van der Waals surface area contributed by atoms with E-state index < -0.39 is 0 Å². The number of nitrogens with zero attached hydrogens (tertiary/aromatic N) is 1. The highest BCUT2D eigenvalue weighted by atomic mass is 16.5. The highest BCUT2D eigenvalue weighted by molar-refractivity contribution is 5.83. The van der Waals surface area contributed by atoms with Crippen molar-refractivity contribution in [3.63, 3.8) is 0 Å². The quantitative estimate of drug-likeness (QED) is 0.741. The molecule has 1 heterocycles. The SMILES string of the molecule is COc1ccc2nc(C(C)(C)C)cc(C)c2c1. The van der Waals surface area contributed by atoms with Crippen molar-refractivity contribution in [1.29, 1.82) is 0 Å². The van der Waals surface area contributed by atoms with Crippen LogP contribution in [0.4, 0.5) is 0 Å². The predicted molar refractivity (Wildman–Crippen MR) is 71.7 cm³/mol. The largest absolute Gasteiger partial charge is 0.497 e. The summed E-state index contributed by atoms with van der Waals surface area (Å²) in [5.41, 5.74) is 3.50. The molecule has 0 unspecified atom stereocenters. The standard InChI is InChI=1S/C15H19NO/c1-10-8-14(15(2,3)4)16-13-7-6-11(17-5)9-12(10)13/h6-9H,1-5H3. The van der Waals surface area contributed by atoms with Gasteiger partial charge in [0.2, 0.25) is 0 Å². The van der Waals surface area contributed by atoms with Crippen LogP contribution in [-0.4, -0.2) is 12.1 Å². The molecule has 0 N–H and O–H groups in total. The first-order chi connectivity index (χ1) is 7.91. The molecule has 0 saturated carbocycles. The first-order valence-corrected chi connectivity index (χ1v) is 5.87. The van der Waals surface area contributed by atoms with E-state index in [2.05, 4.69) is 33.8 Å². The second kappa shape index (κ2) is 4.02. The van der Waals surface area contributed by atoms with Crippen LogP contribution in [0.25, 0.3) is 10.9 Å². The lowest BCUT2D eigenvalue weighted by Gasteiger charge is -2.19. The average molecular weight is 229 g/mol. The zero-order valence-electron chi connectivity index (χ0n) is 11.2. The third-order valence-corrected chi connectivity index (χ3v) is 2.99. The number of methoxy groups -OCH3 is 1. The summed E-state index contributed by atoms with van der Waals surface area (Å²) in [6.07, 6.45) is 0. The summed E-state index contributed by atoms with van der Waals surface area (Å²) in [5.74, 6) is 0.880. The lowest BCUT2D eigenvalue weighted by atomic mass is 9.90. The molecule has 0 fully saturated rings. The molecular formula is C15H19NO. The number of fused-ring (bicyclic) bond motifs is 1. The molecule has 0 amide bonds. The maximum absolute atomic E-state index is 5.25. The summed E-state index contributed by atoms with van der Waals surface area (Å²) in [7, 11) is 1.69. The van der Waals surface area contributed by atoms with Gasteiger partial charge in [0.05, 0.1) is 12.6 Å². The van der Waals surface area contributed by atoms with Gasteiger partial charge in [-0.25, -0.2) is 0 Å². The molecule has 0 radical (unpaired) electrons. The lowest BCUT2D eigenvalue weighted by molar-refractivity contribution is 0.415. The highest BCUT2D eigenvalue weighted by Gasteiger charge is 2.16. The fraction of sp³-hybridized carbons (Fsp3) is 0.400. The second-order valence-electron chi connectivity index (χ2n) is 5.46. The highest BCUT2D eigenvalue weighted by Crippen LogP contribution is 2.27. The van der Waals surface area contributed by atoms with Crippen molar-refractivity contribution in [2.45, 2.75) is 33.1 Å². The molecule has 17 heavy (non-hydrogen) atoms. The minimum Gasteiger partial charge on any atom is -0.497 e. The molecule has 2 aromatic rings. The van der Waals surface area contributed by atoms with Gasteiger partial charge in [0.15, 0.2) is 0 Å². The molecule has 2 heteroatoms. The van der Waals surface area contributed by atoms with Gasteiger partial charge in [-0.05, 0) is 36.8 Å². The third-order valence-electron chi connectivity index (χ3n) is 2.99. The molecule has 0 aliphatic rings. The van der Waals surface area contributed by atoms with E-state index in [4.69, 9.17) is 9.72 Å². The predicted octanol–water partition coefficient (Wildman–Crippen LogP) is 3.85. The molecule has 2 rings (SSSR count). The number of hydrogen-bond acceptors (Lipinski definition) is 2. The van der Waals surface area contributed by atoms with Gasteiger partial charge in [-0.1, -0.05) is 20.8 Å². The van der Waals surface area contributed by atoms with E-state index in [-0.39, 0.29) is 5.41 Å². The monoisotopic (exact) mass is 229 g/mol. The van der Waals surface area contributed by atoms with Crippen LogP contribution in [0.15, 0.2) is 24.3 Å². The lowest BCUT2D eigenvalue weighted by Crippen LogP contribution is -2.13. The Kier molecular flexibility index (Phi) is 2.82. The van der Waals surface area contributed by atoms with Crippen LogP contribution in [0.5, 0.6) is 5.75 Å². The van der Waals surface area contributed by atoms with Crippen molar-refractivity contribution < 1.29 is 4.74 Å². The molecule has 2 nitrogen and oxygen atoms in total. The van der Waals surface area contributed by atoms with Crippen LogP contribution >= 0.6 is 0 Å². The van der Waals surface area contributed by atoms with Crippen molar-refractivity contribution in [3.05, 3.63) is 35.5 Å². The molecule has 0 aliphatic carbocycles. The number of rotatable bonds is 1. The normalized spacial score (nSPS) is 11.8. The molecule has 0 atom stereocenters. The van der Waals surface area contributed by atoms with Gasteiger partial charge in [0.25, 0.3) is 0 Å². The molecule has 1 aromatic heterocycles.